The Morgan fingerprint density at radius 1 is 1.15 bits per heavy atom. The van der Waals surface area contributed by atoms with E-state index in [2.05, 4.69) is 33.4 Å². The van der Waals surface area contributed by atoms with Gasteiger partial charge in [0.05, 0.1) is 11.9 Å². The van der Waals surface area contributed by atoms with Crippen molar-refractivity contribution in [1.29, 1.82) is 0 Å². The molecule has 4 rings (SSSR count). The van der Waals surface area contributed by atoms with Crippen LogP contribution in [0.5, 0.6) is 0 Å². The highest BCUT2D eigenvalue weighted by molar-refractivity contribution is 6.30. The molecule has 1 aliphatic rings. The second-order valence-corrected chi connectivity index (χ2v) is 6.78. The lowest BCUT2D eigenvalue weighted by Gasteiger charge is -2.19. The van der Waals surface area contributed by atoms with E-state index in [1.807, 2.05) is 25.1 Å². The van der Waals surface area contributed by atoms with Crippen molar-refractivity contribution < 1.29 is 4.79 Å². The van der Waals surface area contributed by atoms with E-state index in [0.717, 1.165) is 29.9 Å². The molecule has 4 nitrogen and oxygen atoms in total. The number of rotatable bonds is 3. The average Bonchev–Trinajstić information content (AvgIpc) is 3.08. The Balaban J connectivity index is 1.52. The van der Waals surface area contributed by atoms with Crippen LogP contribution in [0.15, 0.2) is 60.8 Å². The lowest BCUT2D eigenvalue weighted by atomic mass is 10.2. The number of hydrogen-bond acceptors (Lipinski definition) is 3. The number of nitrogens with one attached hydrogen (secondary N) is 1. The summed E-state index contributed by atoms with van der Waals surface area (Å²) < 4.78 is 0. The van der Waals surface area contributed by atoms with Gasteiger partial charge in [-0.3, -0.25) is 4.79 Å². The van der Waals surface area contributed by atoms with Crippen molar-refractivity contribution >= 4 is 34.6 Å². The van der Waals surface area contributed by atoms with Crippen molar-refractivity contribution in [2.24, 2.45) is 0 Å². The maximum atomic E-state index is 12.5. The maximum Gasteiger partial charge on any atom is 0.274 e. The molecule has 2 aromatic carbocycles. The molecule has 0 atom stereocenters. The summed E-state index contributed by atoms with van der Waals surface area (Å²) in [4.78, 5) is 19.1. The van der Waals surface area contributed by atoms with Crippen LogP contribution in [0.4, 0.5) is 17.1 Å². The Kier molecular flexibility index (Phi) is 4.35. The first-order chi connectivity index (χ1) is 12.6. The number of carbonyl (C=O) groups excluding carboxylic acids is 1. The zero-order valence-corrected chi connectivity index (χ0v) is 15.1. The average molecular weight is 364 g/mol. The third kappa shape index (κ3) is 3.16. The molecule has 1 amide bonds. The standard InChI is InChI=1S/C21H18ClN3O/c1-14-12-16(22)6-8-18(14)24-21(26)19-9-7-17(13-23-19)25-11-10-15-4-2-3-5-20(15)25/h2-9,12-13H,10-11H2,1H3,(H,24,26). The van der Waals surface area contributed by atoms with Gasteiger partial charge in [0.15, 0.2) is 0 Å². The normalized spacial score (nSPS) is 12.8. The van der Waals surface area contributed by atoms with Gasteiger partial charge in [0.1, 0.15) is 5.69 Å². The molecule has 0 radical (unpaired) electrons. The summed E-state index contributed by atoms with van der Waals surface area (Å²) in [6.45, 7) is 2.83. The number of nitrogens with zero attached hydrogens (tertiary/aromatic N) is 2. The highest BCUT2D eigenvalue weighted by Gasteiger charge is 2.20. The Morgan fingerprint density at radius 2 is 2.00 bits per heavy atom. The summed E-state index contributed by atoms with van der Waals surface area (Å²) in [5, 5.41) is 3.53. The maximum absolute atomic E-state index is 12.5. The molecule has 26 heavy (non-hydrogen) atoms. The summed E-state index contributed by atoms with van der Waals surface area (Å²) in [6.07, 6.45) is 2.78. The highest BCUT2D eigenvalue weighted by atomic mass is 35.5. The summed E-state index contributed by atoms with van der Waals surface area (Å²) in [6, 6.07) is 17.4. The third-order valence-corrected chi connectivity index (χ3v) is 4.85. The number of benzene rings is 2. The summed E-state index contributed by atoms with van der Waals surface area (Å²) in [5.74, 6) is -0.233. The minimum absolute atomic E-state index is 0.233. The first kappa shape index (κ1) is 16.6. The van der Waals surface area contributed by atoms with Gasteiger partial charge in [-0.15, -0.1) is 0 Å². The molecule has 5 heteroatoms. The number of aromatic nitrogens is 1. The van der Waals surface area contributed by atoms with E-state index in [1.54, 1.807) is 24.4 Å². The molecule has 1 aromatic heterocycles. The fourth-order valence-electron chi connectivity index (χ4n) is 3.24. The van der Waals surface area contributed by atoms with Crippen molar-refractivity contribution in [1.82, 2.24) is 4.98 Å². The Bertz CT molecular complexity index is 969. The van der Waals surface area contributed by atoms with Gasteiger partial charge in [-0.25, -0.2) is 4.98 Å². The minimum Gasteiger partial charge on any atom is -0.340 e. The van der Waals surface area contributed by atoms with Crippen molar-refractivity contribution in [2.75, 3.05) is 16.8 Å². The number of pyridine rings is 1. The summed E-state index contributed by atoms with van der Waals surface area (Å²) in [7, 11) is 0. The van der Waals surface area contributed by atoms with E-state index in [0.29, 0.717) is 10.7 Å². The van der Waals surface area contributed by atoms with Gasteiger partial charge in [-0.05, 0) is 60.9 Å². The molecule has 2 heterocycles. The number of carbonyl (C=O) groups is 1. The number of anilines is 3. The fraction of sp³-hybridized carbons (Fsp3) is 0.143. The van der Waals surface area contributed by atoms with Crippen molar-refractivity contribution in [3.05, 3.63) is 82.6 Å². The summed E-state index contributed by atoms with van der Waals surface area (Å²) in [5.41, 5.74) is 5.58. The molecule has 0 bridgehead atoms. The van der Waals surface area contributed by atoms with Crippen LogP contribution in [0, 0.1) is 6.92 Å². The van der Waals surface area contributed by atoms with Crippen LogP contribution in [-0.2, 0) is 6.42 Å². The van der Waals surface area contributed by atoms with E-state index in [-0.39, 0.29) is 5.91 Å². The molecule has 1 aliphatic heterocycles. The number of hydrogen-bond donors (Lipinski definition) is 1. The second kappa shape index (κ2) is 6.81. The number of para-hydroxylation sites is 1. The molecule has 1 N–H and O–H groups in total. The number of amides is 1. The van der Waals surface area contributed by atoms with Crippen LogP contribution < -0.4 is 10.2 Å². The van der Waals surface area contributed by atoms with Gasteiger partial charge in [-0.1, -0.05) is 29.8 Å². The van der Waals surface area contributed by atoms with E-state index in [4.69, 9.17) is 11.6 Å². The van der Waals surface area contributed by atoms with E-state index in [1.165, 1.54) is 11.3 Å². The molecule has 0 fully saturated rings. The Morgan fingerprint density at radius 3 is 2.77 bits per heavy atom. The molecule has 0 saturated heterocycles. The highest BCUT2D eigenvalue weighted by Crippen LogP contribution is 2.33. The Labute approximate surface area is 157 Å². The zero-order chi connectivity index (χ0) is 18.1. The number of fused-ring (bicyclic) bond motifs is 1. The zero-order valence-electron chi connectivity index (χ0n) is 14.4. The van der Waals surface area contributed by atoms with Crippen molar-refractivity contribution in [2.45, 2.75) is 13.3 Å². The number of aryl methyl sites for hydroxylation is 1. The Hall–Kier alpha value is -2.85. The quantitative estimate of drug-likeness (QED) is 0.713. The molecule has 0 aliphatic carbocycles. The minimum atomic E-state index is -0.233. The van der Waals surface area contributed by atoms with Gasteiger partial charge in [0.2, 0.25) is 0 Å². The van der Waals surface area contributed by atoms with Crippen molar-refractivity contribution in [3.8, 4) is 0 Å². The van der Waals surface area contributed by atoms with E-state index < -0.39 is 0 Å². The van der Waals surface area contributed by atoms with Gasteiger partial charge in [0.25, 0.3) is 5.91 Å². The molecule has 0 unspecified atom stereocenters. The molecule has 0 spiro atoms. The monoisotopic (exact) mass is 363 g/mol. The lowest BCUT2D eigenvalue weighted by molar-refractivity contribution is 0.102. The van der Waals surface area contributed by atoms with E-state index >= 15 is 0 Å². The van der Waals surface area contributed by atoms with Gasteiger partial charge < -0.3 is 10.2 Å². The van der Waals surface area contributed by atoms with Crippen LogP contribution in [-0.4, -0.2) is 17.4 Å². The molecular weight excluding hydrogens is 346 g/mol. The van der Waals surface area contributed by atoms with Crippen LogP contribution in [0.2, 0.25) is 5.02 Å². The topological polar surface area (TPSA) is 45.2 Å². The molecular formula is C21H18ClN3O. The summed E-state index contributed by atoms with van der Waals surface area (Å²) >= 11 is 5.96. The lowest BCUT2D eigenvalue weighted by Crippen LogP contribution is -2.16. The van der Waals surface area contributed by atoms with Crippen molar-refractivity contribution in [3.63, 3.8) is 0 Å². The number of halogens is 1. The fourth-order valence-corrected chi connectivity index (χ4v) is 3.47. The van der Waals surface area contributed by atoms with Crippen LogP contribution >= 0.6 is 11.6 Å². The van der Waals surface area contributed by atoms with Crippen LogP contribution in [0.1, 0.15) is 21.6 Å². The third-order valence-electron chi connectivity index (χ3n) is 4.62. The van der Waals surface area contributed by atoms with E-state index in [9.17, 15) is 4.79 Å². The van der Waals surface area contributed by atoms with Gasteiger partial charge in [0, 0.05) is 22.9 Å². The first-order valence-corrected chi connectivity index (χ1v) is 8.88. The second-order valence-electron chi connectivity index (χ2n) is 6.35. The molecule has 130 valence electrons. The van der Waals surface area contributed by atoms with Crippen LogP contribution in [0.3, 0.4) is 0 Å². The SMILES string of the molecule is Cc1cc(Cl)ccc1NC(=O)c1ccc(N2CCc3ccccc32)cn1. The first-order valence-electron chi connectivity index (χ1n) is 8.51. The van der Waals surface area contributed by atoms with Crippen LogP contribution in [0.25, 0.3) is 0 Å². The molecule has 0 saturated carbocycles. The van der Waals surface area contributed by atoms with Gasteiger partial charge >= 0.3 is 0 Å². The largest absolute Gasteiger partial charge is 0.340 e. The predicted octanol–water partition coefficient (Wildman–Crippen LogP) is 4.99. The predicted molar refractivity (Wildman–Crippen MR) is 106 cm³/mol. The smallest absolute Gasteiger partial charge is 0.274 e. The van der Waals surface area contributed by atoms with Gasteiger partial charge in [-0.2, -0.15) is 0 Å². The molecule has 3 aromatic rings.